The number of hydrogen-bond donors (Lipinski definition) is 2. The Morgan fingerprint density at radius 1 is 0.775 bits per heavy atom. The van der Waals surface area contributed by atoms with Gasteiger partial charge < -0.3 is 19.8 Å². The van der Waals surface area contributed by atoms with Crippen molar-refractivity contribution in [1.29, 1.82) is 0 Å². The molecule has 0 fully saturated rings. The van der Waals surface area contributed by atoms with Gasteiger partial charge in [0.05, 0.1) is 16.9 Å². The van der Waals surface area contributed by atoms with E-state index in [1.54, 1.807) is 66.7 Å². The Labute approximate surface area is 231 Å². The highest BCUT2D eigenvalue weighted by Crippen LogP contribution is 2.27. The molecule has 5 aromatic rings. The van der Waals surface area contributed by atoms with E-state index >= 15 is 0 Å². The summed E-state index contributed by atoms with van der Waals surface area (Å²) in [4.78, 5) is 42.8. The summed E-state index contributed by atoms with van der Waals surface area (Å²) >= 11 is 0. The zero-order valence-corrected chi connectivity index (χ0v) is 21.6. The molecule has 2 amide bonds. The minimum Gasteiger partial charge on any atom is -0.445 e. The van der Waals surface area contributed by atoms with Gasteiger partial charge in [-0.1, -0.05) is 66.7 Å². The maximum absolute atomic E-state index is 13.2. The first kappa shape index (κ1) is 26.2. The molecule has 200 valence electrons. The number of benzene rings is 4. The lowest BCUT2D eigenvalue weighted by Crippen LogP contribution is -2.29. The fraction of sp³-hybridized carbons (Fsp3) is 0.0938. The van der Waals surface area contributed by atoms with Gasteiger partial charge >= 0.3 is 18.2 Å². The smallest absolute Gasteiger partial charge is 0.426 e. The molecule has 40 heavy (non-hydrogen) atoms. The number of esters is 1. The van der Waals surface area contributed by atoms with E-state index in [1.165, 1.54) is 4.90 Å². The van der Waals surface area contributed by atoms with Gasteiger partial charge in [-0.3, -0.25) is 0 Å². The monoisotopic (exact) mass is 533 g/mol. The van der Waals surface area contributed by atoms with Crippen molar-refractivity contribution in [3.8, 4) is 0 Å². The van der Waals surface area contributed by atoms with Gasteiger partial charge in [-0.05, 0) is 60.0 Å². The largest absolute Gasteiger partial charge is 0.445 e. The molecule has 2 N–H and O–H groups in total. The van der Waals surface area contributed by atoms with Crippen molar-refractivity contribution >= 4 is 40.4 Å². The Morgan fingerprint density at radius 2 is 1.40 bits per heavy atom. The van der Waals surface area contributed by atoms with Gasteiger partial charge in [0.2, 0.25) is 0 Å². The SMILES string of the molecule is O=C(NCCc1c[nH]c2ccc(C(=O)OC(=O)N(c3ccccc3)c3ccccc3)cc12)OCc1ccccc1. The number of amides is 2. The topological polar surface area (TPSA) is 101 Å². The zero-order chi connectivity index (χ0) is 27.7. The Kier molecular flexibility index (Phi) is 8.17. The second kappa shape index (κ2) is 12.4. The number of rotatable bonds is 8. The lowest BCUT2D eigenvalue weighted by molar-refractivity contribution is 0.0638. The number of aromatic nitrogens is 1. The molecule has 8 nitrogen and oxygen atoms in total. The summed E-state index contributed by atoms with van der Waals surface area (Å²) in [5.74, 6) is -0.765. The number of fused-ring (bicyclic) bond motifs is 1. The first-order chi connectivity index (χ1) is 19.6. The third-order valence-corrected chi connectivity index (χ3v) is 6.27. The van der Waals surface area contributed by atoms with Crippen LogP contribution in [0.4, 0.5) is 21.0 Å². The average molecular weight is 534 g/mol. The van der Waals surface area contributed by atoms with Crippen molar-refractivity contribution < 1.29 is 23.9 Å². The summed E-state index contributed by atoms with van der Waals surface area (Å²) < 4.78 is 10.6. The second-order valence-corrected chi connectivity index (χ2v) is 8.97. The van der Waals surface area contributed by atoms with Gasteiger partial charge in [-0.25, -0.2) is 19.3 Å². The fourth-order valence-electron chi connectivity index (χ4n) is 4.28. The molecule has 0 spiro atoms. The van der Waals surface area contributed by atoms with Crippen molar-refractivity contribution in [3.05, 3.63) is 132 Å². The Bertz CT molecular complexity index is 1560. The van der Waals surface area contributed by atoms with Gasteiger partial charge in [0, 0.05) is 23.6 Å². The van der Waals surface area contributed by atoms with E-state index in [2.05, 4.69) is 10.3 Å². The van der Waals surface area contributed by atoms with E-state index in [0.29, 0.717) is 24.3 Å². The van der Waals surface area contributed by atoms with Crippen LogP contribution < -0.4 is 10.2 Å². The summed E-state index contributed by atoms with van der Waals surface area (Å²) in [5, 5.41) is 3.54. The zero-order valence-electron chi connectivity index (χ0n) is 21.6. The van der Waals surface area contributed by atoms with Gasteiger partial charge in [0.15, 0.2) is 0 Å². The molecule has 1 aromatic heterocycles. The molecule has 0 atom stereocenters. The second-order valence-electron chi connectivity index (χ2n) is 8.97. The molecule has 0 saturated heterocycles. The number of carbonyl (C=O) groups is 3. The Morgan fingerprint density at radius 3 is 2.05 bits per heavy atom. The number of nitrogens with zero attached hydrogens (tertiary/aromatic N) is 1. The summed E-state index contributed by atoms with van der Waals surface area (Å²) in [5.41, 5.74) is 4.00. The predicted molar refractivity (Wildman–Crippen MR) is 152 cm³/mol. The highest BCUT2D eigenvalue weighted by atomic mass is 16.6. The number of ether oxygens (including phenoxy) is 2. The van der Waals surface area contributed by atoms with Crippen molar-refractivity contribution in [2.24, 2.45) is 0 Å². The molecular weight excluding hydrogens is 506 g/mol. The summed E-state index contributed by atoms with van der Waals surface area (Å²) in [6, 6.07) is 32.5. The van der Waals surface area contributed by atoms with E-state index in [4.69, 9.17) is 9.47 Å². The van der Waals surface area contributed by atoms with Crippen molar-refractivity contribution in [1.82, 2.24) is 10.3 Å². The highest BCUT2D eigenvalue weighted by Gasteiger charge is 2.23. The first-order valence-corrected chi connectivity index (χ1v) is 12.8. The predicted octanol–water partition coefficient (Wildman–Crippen LogP) is 6.75. The minimum absolute atomic E-state index is 0.190. The minimum atomic E-state index is -0.810. The number of nitrogens with one attached hydrogen (secondary N) is 2. The standard InChI is InChI=1S/C32H27N3O5/c36-30(40-32(38)35(26-12-6-2-7-13-26)27-14-8-3-9-15-27)24-16-17-29-28(20-24)25(21-34-29)18-19-33-31(37)39-22-23-10-4-1-5-11-23/h1-17,20-21,34H,18-19,22H2,(H,33,37). The van der Waals surface area contributed by atoms with Crippen molar-refractivity contribution in [2.45, 2.75) is 13.0 Å². The van der Waals surface area contributed by atoms with Crippen LogP contribution in [0.2, 0.25) is 0 Å². The van der Waals surface area contributed by atoms with Crippen LogP contribution in [0.1, 0.15) is 21.5 Å². The Hall–Kier alpha value is -5.37. The molecule has 0 radical (unpaired) electrons. The molecule has 0 unspecified atom stereocenters. The molecule has 5 rings (SSSR count). The molecular formula is C32H27N3O5. The van der Waals surface area contributed by atoms with E-state index in [9.17, 15) is 14.4 Å². The molecule has 0 aliphatic heterocycles. The highest BCUT2D eigenvalue weighted by molar-refractivity contribution is 6.06. The van der Waals surface area contributed by atoms with Gasteiger partial charge in [-0.15, -0.1) is 0 Å². The van der Waals surface area contributed by atoms with E-state index in [0.717, 1.165) is 22.0 Å². The number of H-pyrrole nitrogens is 1. The fourth-order valence-corrected chi connectivity index (χ4v) is 4.28. The van der Waals surface area contributed by atoms with Gasteiger partial charge in [0.25, 0.3) is 0 Å². The van der Waals surface area contributed by atoms with Crippen LogP contribution in [0.15, 0.2) is 115 Å². The van der Waals surface area contributed by atoms with Crippen LogP contribution in [0, 0.1) is 0 Å². The van der Waals surface area contributed by atoms with E-state index < -0.39 is 18.2 Å². The first-order valence-electron chi connectivity index (χ1n) is 12.8. The number of anilines is 2. The number of aromatic amines is 1. The molecule has 1 heterocycles. The maximum Gasteiger partial charge on any atom is 0.426 e. The van der Waals surface area contributed by atoms with Crippen LogP contribution >= 0.6 is 0 Å². The Balaban J connectivity index is 1.23. The van der Waals surface area contributed by atoms with Crippen LogP contribution in [0.3, 0.4) is 0 Å². The number of alkyl carbamates (subject to hydrolysis) is 1. The van der Waals surface area contributed by atoms with E-state index in [-0.39, 0.29) is 12.2 Å². The molecule has 4 aromatic carbocycles. The molecule has 0 bridgehead atoms. The van der Waals surface area contributed by atoms with Crippen molar-refractivity contribution in [2.75, 3.05) is 11.4 Å². The van der Waals surface area contributed by atoms with Crippen LogP contribution in [0.25, 0.3) is 10.9 Å². The van der Waals surface area contributed by atoms with Crippen molar-refractivity contribution in [3.63, 3.8) is 0 Å². The van der Waals surface area contributed by atoms with Crippen LogP contribution in [-0.4, -0.2) is 29.7 Å². The summed E-state index contributed by atoms with van der Waals surface area (Å²) in [6.45, 7) is 0.534. The number of para-hydroxylation sites is 2. The molecule has 0 aliphatic rings. The summed E-state index contributed by atoms with van der Waals surface area (Å²) in [7, 11) is 0. The molecule has 0 saturated carbocycles. The average Bonchev–Trinajstić information content (AvgIpc) is 3.40. The number of hydrogen-bond acceptors (Lipinski definition) is 5. The quantitative estimate of drug-likeness (QED) is 0.170. The molecule has 8 heteroatoms. The van der Waals surface area contributed by atoms with Gasteiger partial charge in [0.1, 0.15) is 6.61 Å². The lowest BCUT2D eigenvalue weighted by Gasteiger charge is -2.21. The number of carbonyl (C=O) groups excluding carboxylic acids is 3. The van der Waals surface area contributed by atoms with E-state index in [1.807, 2.05) is 48.7 Å². The third kappa shape index (κ3) is 6.36. The van der Waals surface area contributed by atoms with Gasteiger partial charge in [-0.2, -0.15) is 0 Å². The maximum atomic E-state index is 13.2. The normalized spacial score (nSPS) is 10.6. The lowest BCUT2D eigenvalue weighted by atomic mass is 10.1. The summed E-state index contributed by atoms with van der Waals surface area (Å²) in [6.07, 6.45) is 1.02. The molecule has 0 aliphatic carbocycles. The third-order valence-electron chi connectivity index (χ3n) is 6.27. The van der Waals surface area contributed by atoms with Crippen LogP contribution in [-0.2, 0) is 22.5 Å². The van der Waals surface area contributed by atoms with Crippen LogP contribution in [0.5, 0.6) is 0 Å².